The van der Waals surface area contributed by atoms with Crippen molar-refractivity contribution in [2.75, 3.05) is 13.1 Å². The Morgan fingerprint density at radius 2 is 1.72 bits per heavy atom. The molecule has 0 bridgehead atoms. The van der Waals surface area contributed by atoms with Gasteiger partial charge in [-0.1, -0.05) is 25.2 Å². The van der Waals surface area contributed by atoms with E-state index in [1.165, 1.54) is 14.5 Å². The molecule has 0 N–H and O–H groups in total. The Morgan fingerprint density at radius 1 is 1.06 bits per heavy atom. The van der Waals surface area contributed by atoms with Crippen LogP contribution in [0.15, 0.2) is 0 Å². The van der Waals surface area contributed by atoms with E-state index < -0.39 is 0 Å². The lowest BCUT2D eigenvalue weighted by Crippen LogP contribution is -2.29. The third kappa shape index (κ3) is 2.84. The van der Waals surface area contributed by atoms with Crippen molar-refractivity contribution in [2.24, 2.45) is 0 Å². The normalized spacial score (nSPS) is 11.6. The standard InChI is InChI=1S/C13H20N2OS2/c1-5-7-15(8-6-2)16-13-14-11-9(3)17-10(4)12(11)18-13/h5-8H2,1-4H3. The molecule has 0 amide bonds. The number of nitrogens with zero attached hydrogens (tertiary/aromatic N) is 2. The van der Waals surface area contributed by atoms with Crippen LogP contribution in [0, 0.1) is 13.8 Å². The highest BCUT2D eigenvalue weighted by Gasteiger charge is 2.14. The van der Waals surface area contributed by atoms with E-state index in [0.29, 0.717) is 0 Å². The van der Waals surface area contributed by atoms with Crippen LogP contribution in [-0.2, 0) is 0 Å². The molecule has 2 rings (SSSR count). The fourth-order valence-corrected chi connectivity index (χ4v) is 4.05. The van der Waals surface area contributed by atoms with Gasteiger partial charge in [0.15, 0.2) is 0 Å². The van der Waals surface area contributed by atoms with Crippen LogP contribution in [0.5, 0.6) is 5.19 Å². The maximum atomic E-state index is 5.89. The van der Waals surface area contributed by atoms with E-state index in [-0.39, 0.29) is 0 Å². The number of hydrogen-bond acceptors (Lipinski definition) is 5. The first-order chi connectivity index (χ1) is 8.65. The van der Waals surface area contributed by atoms with Gasteiger partial charge in [-0.25, -0.2) is 4.98 Å². The molecule has 0 spiro atoms. The summed E-state index contributed by atoms with van der Waals surface area (Å²) < 4.78 is 1.28. The minimum absolute atomic E-state index is 0.779. The second-order valence-electron chi connectivity index (χ2n) is 4.39. The van der Waals surface area contributed by atoms with E-state index >= 15 is 0 Å². The molecular weight excluding hydrogens is 264 g/mol. The minimum Gasteiger partial charge on any atom is -0.374 e. The fourth-order valence-electron chi connectivity index (χ4n) is 1.95. The largest absolute Gasteiger partial charge is 0.374 e. The van der Waals surface area contributed by atoms with Crippen LogP contribution >= 0.6 is 22.7 Å². The summed E-state index contributed by atoms with van der Waals surface area (Å²) in [5.74, 6) is 0. The van der Waals surface area contributed by atoms with E-state index in [0.717, 1.165) is 36.6 Å². The van der Waals surface area contributed by atoms with Crippen LogP contribution in [0.2, 0.25) is 0 Å². The molecule has 3 nitrogen and oxygen atoms in total. The van der Waals surface area contributed by atoms with Crippen LogP contribution in [0.4, 0.5) is 0 Å². The molecule has 0 unspecified atom stereocenters. The Labute approximate surface area is 116 Å². The molecule has 2 aromatic rings. The molecule has 100 valence electrons. The van der Waals surface area contributed by atoms with Crippen molar-refractivity contribution in [2.45, 2.75) is 40.5 Å². The SMILES string of the molecule is CCCN(CCC)Oc1nc2c(C)sc(C)c2s1. The monoisotopic (exact) mass is 284 g/mol. The van der Waals surface area contributed by atoms with Gasteiger partial charge < -0.3 is 4.84 Å². The van der Waals surface area contributed by atoms with Gasteiger partial charge in [0.05, 0.1) is 10.2 Å². The van der Waals surface area contributed by atoms with Crippen LogP contribution in [0.1, 0.15) is 36.4 Å². The summed E-state index contributed by atoms with van der Waals surface area (Å²) in [5, 5.41) is 2.80. The van der Waals surface area contributed by atoms with Gasteiger partial charge in [0.1, 0.15) is 0 Å². The lowest BCUT2D eigenvalue weighted by atomic mass is 10.4. The fraction of sp³-hybridized carbons (Fsp3) is 0.615. The van der Waals surface area contributed by atoms with Crippen LogP contribution < -0.4 is 4.84 Å². The average Bonchev–Trinajstić information content (AvgIpc) is 2.83. The Hall–Kier alpha value is -0.650. The molecule has 0 atom stereocenters. The zero-order valence-electron chi connectivity index (χ0n) is 11.4. The third-order valence-corrected chi connectivity index (χ3v) is 4.90. The van der Waals surface area contributed by atoms with E-state index in [2.05, 4.69) is 32.7 Å². The molecule has 18 heavy (non-hydrogen) atoms. The number of hydroxylamine groups is 2. The van der Waals surface area contributed by atoms with E-state index in [4.69, 9.17) is 4.84 Å². The van der Waals surface area contributed by atoms with E-state index in [1.807, 2.05) is 16.4 Å². The summed E-state index contributed by atoms with van der Waals surface area (Å²) in [5.41, 5.74) is 1.12. The number of hydrogen-bond donors (Lipinski definition) is 0. The van der Waals surface area contributed by atoms with Gasteiger partial charge in [0.2, 0.25) is 0 Å². The topological polar surface area (TPSA) is 25.4 Å². The molecule has 0 aliphatic rings. The number of thiophene rings is 1. The molecule has 0 fully saturated rings. The molecule has 5 heteroatoms. The summed E-state index contributed by atoms with van der Waals surface area (Å²) in [4.78, 5) is 13.1. The van der Waals surface area contributed by atoms with E-state index in [1.54, 1.807) is 11.3 Å². The summed E-state index contributed by atoms with van der Waals surface area (Å²) in [7, 11) is 0. The van der Waals surface area contributed by atoms with Crippen molar-refractivity contribution in [1.82, 2.24) is 10.0 Å². The number of thiazole rings is 1. The molecule has 0 radical (unpaired) electrons. The average molecular weight is 284 g/mol. The molecule has 0 saturated heterocycles. The molecule has 0 aromatic carbocycles. The van der Waals surface area contributed by atoms with Gasteiger partial charge in [-0.2, -0.15) is 0 Å². The number of rotatable bonds is 6. The Morgan fingerprint density at radius 3 is 2.28 bits per heavy atom. The van der Waals surface area contributed by atoms with Crippen molar-refractivity contribution in [3.63, 3.8) is 0 Å². The summed E-state index contributed by atoms with van der Waals surface area (Å²) in [6.45, 7) is 10.5. The summed E-state index contributed by atoms with van der Waals surface area (Å²) in [6, 6.07) is 0. The molecule has 0 aliphatic carbocycles. The quantitative estimate of drug-likeness (QED) is 0.736. The smallest absolute Gasteiger partial charge is 0.295 e. The summed E-state index contributed by atoms with van der Waals surface area (Å²) in [6.07, 6.45) is 2.19. The van der Waals surface area contributed by atoms with Gasteiger partial charge >= 0.3 is 0 Å². The minimum atomic E-state index is 0.779. The van der Waals surface area contributed by atoms with E-state index in [9.17, 15) is 0 Å². The second-order valence-corrected chi connectivity index (χ2v) is 6.78. The van der Waals surface area contributed by atoms with Crippen molar-refractivity contribution >= 4 is 32.9 Å². The van der Waals surface area contributed by atoms with Gasteiger partial charge in [-0.15, -0.1) is 16.4 Å². The third-order valence-electron chi connectivity index (χ3n) is 2.72. The van der Waals surface area contributed by atoms with Crippen molar-refractivity contribution < 1.29 is 4.84 Å². The highest BCUT2D eigenvalue weighted by atomic mass is 32.1. The lowest BCUT2D eigenvalue weighted by molar-refractivity contribution is -0.0579. The highest BCUT2D eigenvalue weighted by molar-refractivity contribution is 7.25. The van der Waals surface area contributed by atoms with Gasteiger partial charge in [-0.05, 0) is 26.7 Å². The Balaban J connectivity index is 2.17. The van der Waals surface area contributed by atoms with Gasteiger partial charge in [-0.3, -0.25) is 0 Å². The Bertz CT molecular complexity index is 478. The van der Waals surface area contributed by atoms with Gasteiger partial charge in [0, 0.05) is 22.8 Å². The first-order valence-electron chi connectivity index (χ1n) is 6.45. The van der Waals surface area contributed by atoms with Crippen molar-refractivity contribution in [3.8, 4) is 5.19 Å². The Kier molecular flexibility index (Phi) is 4.59. The van der Waals surface area contributed by atoms with Crippen LogP contribution in [0.25, 0.3) is 10.2 Å². The summed E-state index contributed by atoms with van der Waals surface area (Å²) >= 11 is 3.48. The molecule has 0 saturated carbocycles. The van der Waals surface area contributed by atoms with Crippen LogP contribution in [-0.4, -0.2) is 23.1 Å². The highest BCUT2D eigenvalue weighted by Crippen LogP contribution is 2.37. The second kappa shape index (κ2) is 5.99. The lowest BCUT2D eigenvalue weighted by Gasteiger charge is -2.18. The molecular formula is C13H20N2OS2. The predicted molar refractivity (Wildman–Crippen MR) is 79.8 cm³/mol. The predicted octanol–water partition coefficient (Wildman–Crippen LogP) is 4.39. The first kappa shape index (κ1) is 13.8. The maximum absolute atomic E-state index is 5.89. The molecule has 2 aromatic heterocycles. The number of aromatic nitrogens is 1. The van der Waals surface area contributed by atoms with Gasteiger partial charge in [0.25, 0.3) is 5.19 Å². The maximum Gasteiger partial charge on any atom is 0.295 e. The first-order valence-corrected chi connectivity index (χ1v) is 8.08. The van der Waals surface area contributed by atoms with Crippen molar-refractivity contribution in [3.05, 3.63) is 9.75 Å². The zero-order valence-corrected chi connectivity index (χ0v) is 13.1. The molecule has 2 heterocycles. The molecule has 0 aliphatic heterocycles. The number of aryl methyl sites for hydroxylation is 2. The zero-order chi connectivity index (χ0) is 13.1. The van der Waals surface area contributed by atoms with Crippen molar-refractivity contribution in [1.29, 1.82) is 0 Å². The number of fused-ring (bicyclic) bond motifs is 1. The van der Waals surface area contributed by atoms with Crippen LogP contribution in [0.3, 0.4) is 0 Å².